The van der Waals surface area contributed by atoms with E-state index in [-0.39, 0.29) is 28.6 Å². The van der Waals surface area contributed by atoms with Crippen molar-refractivity contribution in [3.8, 4) is 5.75 Å². The van der Waals surface area contributed by atoms with Gasteiger partial charge in [0.25, 0.3) is 5.69 Å². The summed E-state index contributed by atoms with van der Waals surface area (Å²) < 4.78 is 10.4. The predicted octanol–water partition coefficient (Wildman–Crippen LogP) is 5.22. The fraction of sp³-hybridized carbons (Fsp3) is 0.0476. The summed E-state index contributed by atoms with van der Waals surface area (Å²) in [7, 11) is 0. The van der Waals surface area contributed by atoms with Gasteiger partial charge in [0.1, 0.15) is 23.6 Å². The molecular weight excluding hydrogens is 412 g/mol. The number of nitro groups is 1. The second-order valence-corrected chi connectivity index (χ2v) is 6.43. The maximum Gasteiger partial charge on any atom is 0.417 e. The van der Waals surface area contributed by atoms with Gasteiger partial charge in [0.2, 0.25) is 0 Å². The standard InChI is InChI=1S/C21H15ClN2O6/c22-15-10-11-17(18(12-15)24(27)28)23-21(26)30-19-9-5-4-8-16(19)20(25)29-13-14-6-2-1-3-7-14/h1-12H,13H2,(H,23,26). The Bertz CT molecular complexity index is 1090. The van der Waals surface area contributed by atoms with Crippen molar-refractivity contribution >= 4 is 35.0 Å². The molecule has 0 fully saturated rings. The van der Waals surface area contributed by atoms with E-state index in [0.717, 1.165) is 11.6 Å². The van der Waals surface area contributed by atoms with Crippen LogP contribution in [0.2, 0.25) is 5.02 Å². The molecular formula is C21H15ClN2O6. The van der Waals surface area contributed by atoms with Crippen LogP contribution in [-0.4, -0.2) is 17.0 Å². The molecule has 0 aliphatic carbocycles. The molecule has 0 aromatic heterocycles. The van der Waals surface area contributed by atoms with E-state index in [1.807, 2.05) is 30.3 Å². The molecule has 0 aliphatic rings. The average Bonchev–Trinajstić information content (AvgIpc) is 2.74. The zero-order valence-electron chi connectivity index (χ0n) is 15.4. The molecule has 1 amide bonds. The smallest absolute Gasteiger partial charge is 0.417 e. The van der Waals surface area contributed by atoms with Crippen LogP contribution in [0.15, 0.2) is 72.8 Å². The number of carbonyl (C=O) groups excluding carboxylic acids is 2. The van der Waals surface area contributed by atoms with Crippen LogP contribution >= 0.6 is 11.6 Å². The molecule has 0 bridgehead atoms. The summed E-state index contributed by atoms with van der Waals surface area (Å²) in [4.78, 5) is 35.1. The largest absolute Gasteiger partial charge is 0.457 e. The van der Waals surface area contributed by atoms with Crippen molar-refractivity contribution in [1.82, 2.24) is 0 Å². The summed E-state index contributed by atoms with van der Waals surface area (Å²) in [6, 6.07) is 18.9. The number of nitrogens with one attached hydrogen (secondary N) is 1. The molecule has 3 rings (SSSR count). The van der Waals surface area contributed by atoms with Gasteiger partial charge < -0.3 is 9.47 Å². The minimum Gasteiger partial charge on any atom is -0.457 e. The number of hydrogen-bond donors (Lipinski definition) is 1. The zero-order chi connectivity index (χ0) is 21.5. The van der Waals surface area contributed by atoms with E-state index in [1.165, 1.54) is 24.3 Å². The molecule has 0 unspecified atom stereocenters. The molecule has 1 N–H and O–H groups in total. The number of nitro benzene ring substituents is 1. The van der Waals surface area contributed by atoms with E-state index < -0.39 is 22.7 Å². The minimum absolute atomic E-state index is 0.0363. The van der Waals surface area contributed by atoms with Gasteiger partial charge in [-0.2, -0.15) is 0 Å². The van der Waals surface area contributed by atoms with E-state index in [9.17, 15) is 19.7 Å². The molecule has 0 spiro atoms. The topological polar surface area (TPSA) is 108 Å². The number of carbonyl (C=O) groups is 2. The predicted molar refractivity (Wildman–Crippen MR) is 110 cm³/mol. The lowest BCUT2D eigenvalue weighted by molar-refractivity contribution is -0.383. The lowest BCUT2D eigenvalue weighted by Crippen LogP contribution is -2.19. The second-order valence-electron chi connectivity index (χ2n) is 5.99. The third-order valence-electron chi connectivity index (χ3n) is 3.92. The van der Waals surface area contributed by atoms with Crippen molar-refractivity contribution in [2.45, 2.75) is 6.61 Å². The second kappa shape index (κ2) is 9.53. The maximum absolute atomic E-state index is 12.4. The number of hydrogen-bond acceptors (Lipinski definition) is 6. The molecule has 8 nitrogen and oxygen atoms in total. The Morgan fingerprint density at radius 3 is 2.43 bits per heavy atom. The van der Waals surface area contributed by atoms with Crippen molar-refractivity contribution in [1.29, 1.82) is 0 Å². The molecule has 30 heavy (non-hydrogen) atoms. The highest BCUT2D eigenvalue weighted by atomic mass is 35.5. The number of nitrogens with zero attached hydrogens (tertiary/aromatic N) is 1. The maximum atomic E-state index is 12.4. The third kappa shape index (κ3) is 5.33. The first-order valence-electron chi connectivity index (χ1n) is 8.67. The van der Waals surface area contributed by atoms with Gasteiger partial charge >= 0.3 is 12.1 Å². The summed E-state index contributed by atoms with van der Waals surface area (Å²) in [5, 5.41) is 13.6. The number of anilines is 1. The van der Waals surface area contributed by atoms with Crippen LogP contribution in [-0.2, 0) is 11.3 Å². The molecule has 0 saturated carbocycles. The van der Waals surface area contributed by atoms with E-state index >= 15 is 0 Å². The van der Waals surface area contributed by atoms with Gasteiger partial charge in [-0.05, 0) is 29.8 Å². The first kappa shape index (κ1) is 20.8. The Balaban J connectivity index is 1.71. The normalized spacial score (nSPS) is 10.2. The van der Waals surface area contributed by atoms with Gasteiger partial charge in [-0.3, -0.25) is 15.4 Å². The highest BCUT2D eigenvalue weighted by molar-refractivity contribution is 6.31. The first-order valence-corrected chi connectivity index (χ1v) is 9.04. The molecule has 0 saturated heterocycles. The fourth-order valence-electron chi connectivity index (χ4n) is 2.52. The fourth-order valence-corrected chi connectivity index (χ4v) is 2.69. The van der Waals surface area contributed by atoms with Crippen LogP contribution < -0.4 is 10.1 Å². The van der Waals surface area contributed by atoms with E-state index in [2.05, 4.69) is 5.32 Å². The highest BCUT2D eigenvalue weighted by Gasteiger charge is 2.20. The zero-order valence-corrected chi connectivity index (χ0v) is 16.2. The Hall–Kier alpha value is -3.91. The molecule has 0 aliphatic heterocycles. The van der Waals surface area contributed by atoms with Crippen LogP contribution in [0, 0.1) is 10.1 Å². The van der Waals surface area contributed by atoms with Crippen molar-refractivity contribution < 1.29 is 24.0 Å². The summed E-state index contributed by atoms with van der Waals surface area (Å²) >= 11 is 5.76. The lowest BCUT2D eigenvalue weighted by atomic mass is 10.2. The molecule has 9 heteroatoms. The third-order valence-corrected chi connectivity index (χ3v) is 4.15. The number of ether oxygens (including phenoxy) is 2. The number of para-hydroxylation sites is 1. The van der Waals surface area contributed by atoms with Gasteiger partial charge in [0.05, 0.1) is 4.92 Å². The van der Waals surface area contributed by atoms with Crippen LogP contribution in [0.3, 0.4) is 0 Å². The Morgan fingerprint density at radius 2 is 1.70 bits per heavy atom. The average molecular weight is 427 g/mol. The number of esters is 1. The van der Waals surface area contributed by atoms with Gasteiger partial charge in [0, 0.05) is 11.1 Å². The Labute approximate surface area is 176 Å². The van der Waals surface area contributed by atoms with Crippen LogP contribution in [0.4, 0.5) is 16.2 Å². The van der Waals surface area contributed by atoms with Crippen molar-refractivity contribution in [2.75, 3.05) is 5.32 Å². The van der Waals surface area contributed by atoms with Crippen LogP contribution in [0.5, 0.6) is 5.75 Å². The Kier molecular flexibility index (Phi) is 6.61. The Morgan fingerprint density at radius 1 is 1.00 bits per heavy atom. The minimum atomic E-state index is -1.01. The van der Waals surface area contributed by atoms with Gasteiger partial charge in [0.15, 0.2) is 0 Å². The lowest BCUT2D eigenvalue weighted by Gasteiger charge is -2.11. The van der Waals surface area contributed by atoms with E-state index in [4.69, 9.17) is 21.1 Å². The number of amides is 1. The molecule has 152 valence electrons. The molecule has 0 heterocycles. The van der Waals surface area contributed by atoms with Crippen molar-refractivity contribution in [3.05, 3.63) is 99.1 Å². The van der Waals surface area contributed by atoms with Gasteiger partial charge in [-0.25, -0.2) is 9.59 Å². The molecule has 0 atom stereocenters. The quantitative estimate of drug-likeness (QED) is 0.329. The summed E-state index contributed by atoms with van der Waals surface area (Å²) in [6.45, 7) is 0.0528. The monoisotopic (exact) mass is 426 g/mol. The van der Waals surface area contributed by atoms with Crippen LogP contribution in [0.1, 0.15) is 15.9 Å². The van der Waals surface area contributed by atoms with Crippen molar-refractivity contribution in [2.24, 2.45) is 0 Å². The van der Waals surface area contributed by atoms with E-state index in [0.29, 0.717) is 0 Å². The number of halogens is 1. The highest BCUT2D eigenvalue weighted by Crippen LogP contribution is 2.28. The van der Waals surface area contributed by atoms with E-state index in [1.54, 1.807) is 12.1 Å². The van der Waals surface area contributed by atoms with Crippen molar-refractivity contribution in [3.63, 3.8) is 0 Å². The molecule has 3 aromatic rings. The summed E-state index contributed by atoms with van der Waals surface area (Å²) in [5.74, 6) is -0.732. The van der Waals surface area contributed by atoms with Gasteiger partial charge in [-0.15, -0.1) is 0 Å². The summed E-state index contributed by atoms with van der Waals surface area (Å²) in [5.41, 5.74) is 0.347. The SMILES string of the molecule is O=C(Nc1ccc(Cl)cc1[N+](=O)[O-])Oc1ccccc1C(=O)OCc1ccccc1. The van der Waals surface area contributed by atoms with Crippen LogP contribution in [0.25, 0.3) is 0 Å². The number of benzene rings is 3. The molecule has 0 radical (unpaired) electrons. The first-order chi connectivity index (χ1) is 14.4. The van der Waals surface area contributed by atoms with Gasteiger partial charge in [-0.1, -0.05) is 54.1 Å². The summed E-state index contributed by atoms with van der Waals surface area (Å²) in [6.07, 6.45) is -1.01. The number of rotatable bonds is 6. The molecule has 3 aromatic carbocycles.